The van der Waals surface area contributed by atoms with Crippen molar-refractivity contribution in [1.82, 2.24) is 0 Å². The van der Waals surface area contributed by atoms with Crippen LogP contribution in [0, 0.1) is 0 Å². The zero-order chi connectivity index (χ0) is 15.2. The Labute approximate surface area is 132 Å². The molecule has 3 nitrogen and oxygen atoms in total. The largest absolute Gasteiger partial charge is 0.469 e. The van der Waals surface area contributed by atoms with Crippen LogP contribution in [0.4, 0.5) is 0 Å². The zero-order valence-electron chi connectivity index (χ0n) is 11.5. The van der Waals surface area contributed by atoms with Crippen LogP contribution in [-0.2, 0) is 9.53 Å². The maximum absolute atomic E-state index is 12.5. The molecule has 0 heterocycles. The lowest BCUT2D eigenvalue weighted by Crippen LogP contribution is -2.29. The van der Waals surface area contributed by atoms with Gasteiger partial charge in [0.25, 0.3) is 0 Å². The quantitative estimate of drug-likeness (QED) is 0.472. The third-order valence-electron chi connectivity index (χ3n) is 3.22. The third kappa shape index (κ3) is 3.58. The average Bonchev–Trinajstić information content (AvgIpc) is 2.55. The molecule has 0 fully saturated rings. The first-order valence-electron chi connectivity index (χ1n) is 6.51. The van der Waals surface area contributed by atoms with Crippen molar-refractivity contribution < 1.29 is 14.3 Å². The van der Waals surface area contributed by atoms with Crippen molar-refractivity contribution in [2.45, 2.75) is 10.7 Å². The second-order valence-corrected chi connectivity index (χ2v) is 5.53. The number of benzene rings is 2. The first kappa shape index (κ1) is 15.4. The molecule has 0 aliphatic heterocycles. The number of hydrogen-bond donors (Lipinski definition) is 0. The average molecular weight is 347 g/mol. The lowest BCUT2D eigenvalue weighted by molar-refractivity contribution is -0.142. The number of ether oxygens (including phenoxy) is 1. The van der Waals surface area contributed by atoms with Gasteiger partial charge in [0.2, 0.25) is 0 Å². The summed E-state index contributed by atoms with van der Waals surface area (Å²) in [6, 6.07) is 18.0. The van der Waals surface area contributed by atoms with Gasteiger partial charge < -0.3 is 4.74 Å². The van der Waals surface area contributed by atoms with Crippen molar-refractivity contribution in [2.24, 2.45) is 0 Å². The molecular formula is C17H15BrO3. The van der Waals surface area contributed by atoms with E-state index in [9.17, 15) is 9.59 Å². The van der Waals surface area contributed by atoms with Crippen LogP contribution in [0.2, 0.25) is 0 Å². The van der Waals surface area contributed by atoms with Gasteiger partial charge in [0.15, 0.2) is 5.78 Å². The van der Waals surface area contributed by atoms with Crippen LogP contribution < -0.4 is 0 Å². The summed E-state index contributed by atoms with van der Waals surface area (Å²) >= 11 is 3.37. The summed E-state index contributed by atoms with van der Waals surface area (Å²) in [4.78, 5) is 23.9. The SMILES string of the molecule is COC(=O)[C@@H](c1ccccc1)[C@@H](Br)C(=O)c1ccccc1. The van der Waals surface area contributed by atoms with Gasteiger partial charge in [-0.15, -0.1) is 0 Å². The summed E-state index contributed by atoms with van der Waals surface area (Å²) < 4.78 is 4.85. The molecule has 2 rings (SSSR count). The Morgan fingerprint density at radius 3 is 2.00 bits per heavy atom. The fourth-order valence-corrected chi connectivity index (χ4v) is 2.91. The van der Waals surface area contributed by atoms with Crippen molar-refractivity contribution in [2.75, 3.05) is 7.11 Å². The van der Waals surface area contributed by atoms with Crippen molar-refractivity contribution in [3.05, 3.63) is 71.8 Å². The van der Waals surface area contributed by atoms with E-state index in [0.717, 1.165) is 5.56 Å². The molecule has 0 amide bonds. The van der Waals surface area contributed by atoms with Crippen molar-refractivity contribution in [3.63, 3.8) is 0 Å². The molecule has 4 heteroatoms. The Hall–Kier alpha value is -1.94. The Kier molecular flexibility index (Phi) is 5.28. The minimum absolute atomic E-state index is 0.144. The van der Waals surface area contributed by atoms with E-state index in [4.69, 9.17) is 4.74 Å². The number of alkyl halides is 1. The zero-order valence-corrected chi connectivity index (χ0v) is 13.1. The van der Waals surface area contributed by atoms with E-state index in [1.54, 1.807) is 24.3 Å². The molecule has 0 radical (unpaired) electrons. The summed E-state index contributed by atoms with van der Waals surface area (Å²) in [5, 5.41) is 0. The van der Waals surface area contributed by atoms with Crippen LogP contribution in [0.25, 0.3) is 0 Å². The number of ketones is 1. The standard InChI is InChI=1S/C17H15BrO3/c1-21-17(20)14(12-8-4-2-5-9-12)15(18)16(19)13-10-6-3-7-11-13/h2-11,14-15H,1H3/t14-,15+/m0/s1. The topological polar surface area (TPSA) is 43.4 Å². The highest BCUT2D eigenvalue weighted by atomic mass is 79.9. The second kappa shape index (κ2) is 7.18. The van der Waals surface area contributed by atoms with Gasteiger partial charge in [0.1, 0.15) is 5.92 Å². The molecule has 0 aliphatic carbocycles. The summed E-state index contributed by atoms with van der Waals surface area (Å²) in [6.45, 7) is 0. The lowest BCUT2D eigenvalue weighted by Gasteiger charge is -2.20. The maximum atomic E-state index is 12.5. The van der Waals surface area contributed by atoms with E-state index in [-0.39, 0.29) is 5.78 Å². The molecule has 0 aromatic heterocycles. The molecule has 21 heavy (non-hydrogen) atoms. The second-order valence-electron chi connectivity index (χ2n) is 4.54. The molecule has 0 N–H and O–H groups in total. The lowest BCUT2D eigenvalue weighted by atomic mass is 9.91. The maximum Gasteiger partial charge on any atom is 0.314 e. The van der Waals surface area contributed by atoms with Crippen LogP contribution in [0.15, 0.2) is 60.7 Å². The molecule has 2 atom stereocenters. The predicted molar refractivity (Wildman–Crippen MR) is 84.7 cm³/mol. The Bertz CT molecular complexity index is 610. The summed E-state index contributed by atoms with van der Waals surface area (Å²) in [5.41, 5.74) is 1.31. The van der Waals surface area contributed by atoms with Gasteiger partial charge in [-0.05, 0) is 5.56 Å². The highest BCUT2D eigenvalue weighted by molar-refractivity contribution is 9.10. The molecule has 0 spiro atoms. The van der Waals surface area contributed by atoms with Gasteiger partial charge in [0, 0.05) is 5.56 Å². The number of carbonyl (C=O) groups is 2. The molecule has 0 aliphatic rings. The fraction of sp³-hybridized carbons (Fsp3) is 0.176. The summed E-state index contributed by atoms with van der Waals surface area (Å²) in [5.74, 6) is -1.26. The van der Waals surface area contributed by atoms with Crippen LogP contribution in [0.3, 0.4) is 0 Å². The van der Waals surface area contributed by atoms with Crippen molar-refractivity contribution >= 4 is 27.7 Å². The van der Waals surface area contributed by atoms with Gasteiger partial charge in [-0.3, -0.25) is 9.59 Å². The molecule has 108 valence electrons. The molecule has 0 saturated carbocycles. The molecule has 0 saturated heterocycles. The van der Waals surface area contributed by atoms with E-state index in [1.807, 2.05) is 36.4 Å². The smallest absolute Gasteiger partial charge is 0.314 e. The van der Waals surface area contributed by atoms with Crippen molar-refractivity contribution in [1.29, 1.82) is 0 Å². The number of hydrogen-bond acceptors (Lipinski definition) is 3. The van der Waals surface area contributed by atoms with E-state index >= 15 is 0 Å². The molecule has 0 unspecified atom stereocenters. The Balaban J connectivity index is 2.33. The van der Waals surface area contributed by atoms with Gasteiger partial charge in [-0.1, -0.05) is 76.6 Å². The molecule has 2 aromatic rings. The van der Waals surface area contributed by atoms with E-state index in [1.165, 1.54) is 7.11 Å². The number of Topliss-reactive ketones (excluding diaryl/α,β-unsaturated/α-hetero) is 1. The van der Waals surface area contributed by atoms with Gasteiger partial charge in [0.05, 0.1) is 11.9 Å². The van der Waals surface area contributed by atoms with E-state index in [0.29, 0.717) is 5.56 Å². The predicted octanol–water partition coefficient (Wildman–Crippen LogP) is 3.59. The fourth-order valence-electron chi connectivity index (χ4n) is 2.12. The van der Waals surface area contributed by atoms with Crippen LogP contribution in [0.5, 0.6) is 0 Å². The van der Waals surface area contributed by atoms with Crippen molar-refractivity contribution in [3.8, 4) is 0 Å². The first-order chi connectivity index (χ1) is 10.1. The summed E-state index contributed by atoms with van der Waals surface area (Å²) in [7, 11) is 1.32. The minimum atomic E-state index is -0.677. The molecule has 0 bridgehead atoms. The van der Waals surface area contributed by atoms with Crippen LogP contribution in [-0.4, -0.2) is 23.7 Å². The third-order valence-corrected chi connectivity index (χ3v) is 4.16. The first-order valence-corrected chi connectivity index (χ1v) is 7.43. The number of halogens is 1. The highest BCUT2D eigenvalue weighted by Crippen LogP contribution is 2.29. The molecular weight excluding hydrogens is 332 g/mol. The monoisotopic (exact) mass is 346 g/mol. The van der Waals surface area contributed by atoms with Crippen LogP contribution >= 0.6 is 15.9 Å². The summed E-state index contributed by atoms with van der Waals surface area (Å²) in [6.07, 6.45) is 0. The highest BCUT2D eigenvalue weighted by Gasteiger charge is 2.34. The van der Waals surface area contributed by atoms with Gasteiger partial charge in [-0.2, -0.15) is 0 Å². The Morgan fingerprint density at radius 1 is 0.952 bits per heavy atom. The van der Waals surface area contributed by atoms with E-state index in [2.05, 4.69) is 15.9 Å². The normalized spacial score (nSPS) is 13.2. The van der Waals surface area contributed by atoms with E-state index < -0.39 is 16.7 Å². The van der Waals surface area contributed by atoms with Gasteiger partial charge in [-0.25, -0.2) is 0 Å². The number of esters is 1. The number of carbonyl (C=O) groups excluding carboxylic acids is 2. The van der Waals surface area contributed by atoms with Crippen LogP contribution in [0.1, 0.15) is 21.8 Å². The number of methoxy groups -OCH3 is 1. The Morgan fingerprint density at radius 2 is 1.48 bits per heavy atom. The number of rotatable bonds is 5. The minimum Gasteiger partial charge on any atom is -0.469 e. The van der Waals surface area contributed by atoms with Gasteiger partial charge >= 0.3 is 5.97 Å². The molecule has 2 aromatic carbocycles.